The molecule has 0 fully saturated rings. The molecule has 0 saturated carbocycles. The highest BCUT2D eigenvalue weighted by Gasteiger charge is 2.18. The number of hydrogen-bond acceptors (Lipinski definition) is 5. The van der Waals surface area contributed by atoms with Crippen LogP contribution < -0.4 is 10.1 Å². The van der Waals surface area contributed by atoms with Crippen molar-refractivity contribution in [1.82, 2.24) is 20.0 Å². The van der Waals surface area contributed by atoms with Crippen LogP contribution in [0.3, 0.4) is 0 Å². The zero-order valence-electron chi connectivity index (χ0n) is 25.4. The number of benzene rings is 2. The number of unbranched alkanes of at least 4 members (excludes halogenated alkanes) is 7. The third-order valence-electron chi connectivity index (χ3n) is 6.57. The van der Waals surface area contributed by atoms with E-state index in [9.17, 15) is 18.7 Å². The Labute approximate surface area is 243 Å². The highest BCUT2D eigenvalue weighted by Crippen LogP contribution is 2.32. The Bertz CT molecular complexity index is 1200. The zero-order valence-corrected chi connectivity index (χ0v) is 25.4. The molecule has 2 aromatic carbocycles. The van der Waals surface area contributed by atoms with Gasteiger partial charge in [0.05, 0.1) is 11.7 Å². The molecule has 228 valence electrons. The molecule has 3 aromatic rings. The van der Waals surface area contributed by atoms with Gasteiger partial charge in [-0.2, -0.15) is 5.10 Å². The number of carbonyl (C=O) groups is 1. The minimum Gasteiger partial charge on any atom is -0.478 e. The minimum atomic E-state index is -1.21. The summed E-state index contributed by atoms with van der Waals surface area (Å²) in [7, 11) is 4.25. The van der Waals surface area contributed by atoms with Crippen LogP contribution in [0.1, 0.15) is 82.5 Å². The predicted octanol–water partition coefficient (Wildman–Crippen LogP) is 7.74. The van der Waals surface area contributed by atoms with Gasteiger partial charge in [-0.05, 0) is 57.2 Å². The number of ether oxygens (including phenoxy) is 1. The number of nitrogens with zero attached hydrogens (tertiary/aromatic N) is 3. The van der Waals surface area contributed by atoms with Crippen molar-refractivity contribution in [3.63, 3.8) is 0 Å². The van der Waals surface area contributed by atoms with Gasteiger partial charge in [-0.1, -0.05) is 65.7 Å². The fourth-order valence-electron chi connectivity index (χ4n) is 4.34. The number of halogens is 2. The van der Waals surface area contributed by atoms with Crippen molar-refractivity contribution in [2.75, 3.05) is 33.7 Å². The van der Waals surface area contributed by atoms with E-state index in [1.165, 1.54) is 70.0 Å². The highest BCUT2D eigenvalue weighted by molar-refractivity contribution is 5.96. The number of carboxylic acid groups (broad SMARTS) is 1. The molecule has 0 aliphatic heterocycles. The van der Waals surface area contributed by atoms with E-state index in [0.717, 1.165) is 25.2 Å². The lowest BCUT2D eigenvalue weighted by Crippen LogP contribution is -2.27. The second kappa shape index (κ2) is 18.4. The number of fused-ring (bicyclic) bond motifs is 1. The van der Waals surface area contributed by atoms with E-state index in [1.54, 1.807) is 10.9 Å². The Hall–Kier alpha value is -3.04. The molecule has 1 aromatic heterocycles. The van der Waals surface area contributed by atoms with Crippen LogP contribution in [-0.4, -0.2) is 59.5 Å². The van der Waals surface area contributed by atoms with E-state index in [1.807, 2.05) is 13.8 Å². The van der Waals surface area contributed by atoms with Gasteiger partial charge in [-0.25, -0.2) is 13.6 Å². The quantitative estimate of drug-likeness (QED) is 0.161. The van der Waals surface area contributed by atoms with Gasteiger partial charge in [0.2, 0.25) is 0 Å². The van der Waals surface area contributed by atoms with Gasteiger partial charge in [0.1, 0.15) is 17.1 Å². The highest BCUT2D eigenvalue weighted by atomic mass is 19.1. The molecule has 41 heavy (non-hydrogen) atoms. The van der Waals surface area contributed by atoms with Gasteiger partial charge < -0.3 is 20.1 Å². The lowest BCUT2D eigenvalue weighted by molar-refractivity contribution is 0.0694. The Morgan fingerprint density at radius 1 is 1.00 bits per heavy atom. The molecule has 0 spiro atoms. The molecular weight excluding hydrogens is 526 g/mol. The standard InChI is InChI=1S/C18H16F2N2O3.C14H32N2/c1-10(2)9-22-15-7-13(18(23)24)17(5-11(15)8-21-22)25-16-4-3-12(19)6-14(16)20;1-4-5-6-7-8-9-10-11-12-15-13-14-16(2)3/h3-8,10H,9H2,1-2H3,(H,23,24);15H,4-14H2,1-3H3. The van der Waals surface area contributed by atoms with Crippen molar-refractivity contribution in [2.24, 2.45) is 5.92 Å². The summed E-state index contributed by atoms with van der Waals surface area (Å²) >= 11 is 0. The molecule has 2 N–H and O–H groups in total. The summed E-state index contributed by atoms with van der Waals surface area (Å²) < 4.78 is 33.9. The first-order chi connectivity index (χ1) is 19.6. The van der Waals surface area contributed by atoms with Crippen LogP contribution in [0.15, 0.2) is 36.5 Å². The van der Waals surface area contributed by atoms with Crippen molar-refractivity contribution in [2.45, 2.75) is 78.7 Å². The van der Waals surface area contributed by atoms with Gasteiger partial charge in [0.25, 0.3) is 0 Å². The Balaban J connectivity index is 0.000000320. The zero-order chi connectivity index (χ0) is 30.2. The number of aromatic nitrogens is 2. The second-order valence-corrected chi connectivity index (χ2v) is 11.1. The molecular formula is C32H48F2N4O3. The average Bonchev–Trinajstić information content (AvgIpc) is 3.29. The number of hydrogen-bond donors (Lipinski definition) is 2. The number of carboxylic acids is 1. The summed E-state index contributed by atoms with van der Waals surface area (Å²) in [5, 5.41) is 17.9. The monoisotopic (exact) mass is 574 g/mol. The van der Waals surface area contributed by atoms with Crippen LogP contribution in [0.25, 0.3) is 10.9 Å². The van der Waals surface area contributed by atoms with Crippen LogP contribution in [0, 0.1) is 17.6 Å². The number of nitrogens with one attached hydrogen (secondary N) is 1. The van der Waals surface area contributed by atoms with E-state index in [4.69, 9.17) is 4.74 Å². The summed E-state index contributed by atoms with van der Waals surface area (Å²) in [6.07, 6.45) is 12.9. The normalized spacial score (nSPS) is 11.2. The van der Waals surface area contributed by atoms with Gasteiger partial charge in [-0.3, -0.25) is 4.68 Å². The molecule has 0 aliphatic rings. The number of aromatic carboxylic acids is 1. The maximum Gasteiger partial charge on any atom is 0.339 e. The fraction of sp³-hybridized carbons (Fsp3) is 0.562. The first kappa shape index (κ1) is 34.2. The first-order valence-electron chi connectivity index (χ1n) is 14.8. The summed E-state index contributed by atoms with van der Waals surface area (Å²) in [5.74, 6) is -2.81. The van der Waals surface area contributed by atoms with E-state index in [2.05, 4.69) is 36.3 Å². The van der Waals surface area contributed by atoms with E-state index >= 15 is 0 Å². The van der Waals surface area contributed by atoms with Crippen molar-refractivity contribution >= 4 is 16.9 Å². The molecule has 0 saturated heterocycles. The van der Waals surface area contributed by atoms with Crippen LogP contribution >= 0.6 is 0 Å². The van der Waals surface area contributed by atoms with E-state index in [-0.39, 0.29) is 17.1 Å². The van der Waals surface area contributed by atoms with Crippen molar-refractivity contribution in [1.29, 1.82) is 0 Å². The summed E-state index contributed by atoms with van der Waals surface area (Å²) in [4.78, 5) is 13.8. The van der Waals surface area contributed by atoms with Crippen molar-refractivity contribution < 1.29 is 23.4 Å². The fourth-order valence-corrected chi connectivity index (χ4v) is 4.34. The molecule has 0 bridgehead atoms. The van der Waals surface area contributed by atoms with Gasteiger partial charge in [-0.15, -0.1) is 0 Å². The van der Waals surface area contributed by atoms with E-state index < -0.39 is 17.6 Å². The van der Waals surface area contributed by atoms with Crippen LogP contribution in [0.2, 0.25) is 0 Å². The third kappa shape index (κ3) is 12.6. The van der Waals surface area contributed by atoms with Crippen LogP contribution in [0.4, 0.5) is 8.78 Å². The molecule has 0 aliphatic carbocycles. The third-order valence-corrected chi connectivity index (χ3v) is 6.57. The maximum atomic E-state index is 13.8. The SMILES string of the molecule is CC(C)Cn1ncc2cc(Oc3ccc(F)cc3F)c(C(=O)O)cc21.CCCCCCCCCCNCCN(C)C. The molecule has 0 unspecified atom stereocenters. The Morgan fingerprint density at radius 2 is 1.68 bits per heavy atom. The molecule has 9 heteroatoms. The minimum absolute atomic E-state index is 0.0328. The lowest BCUT2D eigenvalue weighted by atomic mass is 10.1. The second-order valence-electron chi connectivity index (χ2n) is 11.1. The van der Waals surface area contributed by atoms with Crippen molar-refractivity contribution in [3.8, 4) is 11.5 Å². The molecule has 7 nitrogen and oxygen atoms in total. The first-order valence-corrected chi connectivity index (χ1v) is 14.8. The molecule has 0 atom stereocenters. The largest absolute Gasteiger partial charge is 0.478 e. The summed E-state index contributed by atoms with van der Waals surface area (Å²) in [6.45, 7) is 10.4. The van der Waals surface area contributed by atoms with Gasteiger partial charge in [0, 0.05) is 31.1 Å². The Kier molecular flexibility index (Phi) is 15.3. The molecule has 3 rings (SSSR count). The summed E-state index contributed by atoms with van der Waals surface area (Å²) in [5.41, 5.74) is 0.528. The molecule has 1 heterocycles. The lowest BCUT2D eigenvalue weighted by Gasteiger charge is -2.11. The summed E-state index contributed by atoms with van der Waals surface area (Å²) in [6, 6.07) is 5.77. The van der Waals surface area contributed by atoms with Crippen LogP contribution in [0.5, 0.6) is 11.5 Å². The maximum absolute atomic E-state index is 13.8. The smallest absolute Gasteiger partial charge is 0.339 e. The van der Waals surface area contributed by atoms with Crippen molar-refractivity contribution in [3.05, 3.63) is 53.7 Å². The van der Waals surface area contributed by atoms with Crippen LogP contribution in [-0.2, 0) is 6.54 Å². The number of rotatable bonds is 17. The molecule has 0 amide bonds. The average molecular weight is 575 g/mol. The van der Waals surface area contributed by atoms with Gasteiger partial charge in [0.15, 0.2) is 11.6 Å². The predicted molar refractivity (Wildman–Crippen MR) is 162 cm³/mol. The topological polar surface area (TPSA) is 79.6 Å². The molecule has 0 radical (unpaired) electrons. The van der Waals surface area contributed by atoms with Gasteiger partial charge >= 0.3 is 5.97 Å². The number of likely N-dealkylation sites (N-methyl/N-ethyl adjacent to an activating group) is 1. The Morgan fingerprint density at radius 3 is 2.29 bits per heavy atom. The van der Waals surface area contributed by atoms with E-state index in [0.29, 0.717) is 29.4 Å².